The molecule has 1 heteroatoms. The minimum atomic E-state index is 0.330. The van der Waals surface area contributed by atoms with E-state index < -0.39 is 0 Å². The molecule has 0 radical (unpaired) electrons. The smallest absolute Gasteiger partial charge is 0.0784 e. The van der Waals surface area contributed by atoms with E-state index in [1.807, 2.05) is 0 Å². The van der Waals surface area contributed by atoms with Crippen LogP contribution >= 0.6 is 0 Å². The van der Waals surface area contributed by atoms with Crippen molar-refractivity contribution < 1.29 is 4.74 Å². The molecule has 0 amide bonds. The lowest BCUT2D eigenvalue weighted by atomic mass is 8.93. The van der Waals surface area contributed by atoms with Gasteiger partial charge in [0.25, 0.3) is 0 Å². The Balaban J connectivity index is 1.38. The van der Waals surface area contributed by atoms with Crippen molar-refractivity contribution in [2.24, 2.45) is 51.8 Å². The van der Waals surface area contributed by atoms with Crippen molar-refractivity contribution in [2.45, 2.75) is 47.1 Å². The SMILES string of the molecule is CC(C)(C)COC12C3C4C1C1C2C3C41C(C)(C)C. The molecule has 0 aromatic heterocycles. The average Bonchev–Trinajstić information content (AvgIpc) is 2.23. The van der Waals surface area contributed by atoms with E-state index in [2.05, 4.69) is 41.5 Å². The molecule has 0 spiro atoms. The van der Waals surface area contributed by atoms with Gasteiger partial charge in [0, 0.05) is 0 Å². The molecular weight excluding hydrogens is 220 g/mol. The lowest BCUT2D eigenvalue weighted by molar-refractivity contribution is -0.682. The minimum Gasteiger partial charge on any atom is -0.374 e. The maximum absolute atomic E-state index is 6.47. The Bertz CT molecular complexity index is 407. The Labute approximate surface area is 111 Å². The van der Waals surface area contributed by atoms with Crippen molar-refractivity contribution in [1.82, 2.24) is 0 Å². The molecule has 0 aromatic rings. The van der Waals surface area contributed by atoms with E-state index in [9.17, 15) is 0 Å². The molecule has 0 aromatic carbocycles. The summed E-state index contributed by atoms with van der Waals surface area (Å²) in [5.41, 5.74) is 2.07. The van der Waals surface area contributed by atoms with Crippen LogP contribution in [0.4, 0.5) is 0 Å². The highest BCUT2D eigenvalue weighted by molar-refractivity contribution is 5.58. The van der Waals surface area contributed by atoms with E-state index in [-0.39, 0.29) is 0 Å². The second kappa shape index (κ2) is 2.24. The summed E-state index contributed by atoms with van der Waals surface area (Å²) in [7, 11) is 0. The molecule has 6 rings (SSSR count). The molecule has 100 valence electrons. The van der Waals surface area contributed by atoms with Crippen LogP contribution in [0, 0.1) is 51.8 Å². The predicted octanol–water partition coefficient (Wildman–Crippen LogP) is 3.59. The maximum atomic E-state index is 6.47. The maximum Gasteiger partial charge on any atom is 0.0784 e. The van der Waals surface area contributed by atoms with E-state index in [0.717, 1.165) is 47.5 Å². The highest BCUT2D eigenvalue weighted by Gasteiger charge is 3.11. The van der Waals surface area contributed by atoms with Gasteiger partial charge >= 0.3 is 0 Å². The van der Waals surface area contributed by atoms with Crippen molar-refractivity contribution in [3.63, 3.8) is 0 Å². The fraction of sp³-hybridized carbons (Fsp3) is 1.00. The number of hydrogen-bond donors (Lipinski definition) is 0. The van der Waals surface area contributed by atoms with Crippen LogP contribution in [0.3, 0.4) is 0 Å². The molecule has 0 unspecified atom stereocenters. The van der Waals surface area contributed by atoms with E-state index in [1.54, 1.807) is 0 Å². The Morgan fingerprint density at radius 3 is 1.56 bits per heavy atom. The molecule has 6 fully saturated rings. The number of hydrogen-bond acceptors (Lipinski definition) is 1. The van der Waals surface area contributed by atoms with Crippen LogP contribution in [-0.2, 0) is 4.74 Å². The molecule has 18 heavy (non-hydrogen) atoms. The quantitative estimate of drug-likeness (QED) is 0.723. The third-order valence-electron chi connectivity index (χ3n) is 7.59. The van der Waals surface area contributed by atoms with Gasteiger partial charge < -0.3 is 4.74 Å². The van der Waals surface area contributed by atoms with Crippen molar-refractivity contribution in [2.75, 3.05) is 6.61 Å². The summed E-state index contributed by atoms with van der Waals surface area (Å²) >= 11 is 0. The Kier molecular flexibility index (Phi) is 1.33. The molecule has 0 N–H and O–H groups in total. The molecule has 1 nitrogen and oxygen atoms in total. The zero-order chi connectivity index (χ0) is 12.9. The first-order chi connectivity index (χ1) is 8.19. The molecule has 6 aliphatic carbocycles. The molecule has 0 aliphatic heterocycles. The van der Waals surface area contributed by atoms with Crippen LogP contribution in [0.15, 0.2) is 0 Å². The molecular formula is C17H26O. The van der Waals surface area contributed by atoms with Crippen LogP contribution in [-0.4, -0.2) is 12.2 Å². The summed E-state index contributed by atoms with van der Waals surface area (Å²) in [4.78, 5) is 0. The van der Waals surface area contributed by atoms with Crippen LogP contribution in [0.25, 0.3) is 0 Å². The number of ether oxygens (including phenoxy) is 1. The molecule has 0 saturated heterocycles. The van der Waals surface area contributed by atoms with Gasteiger partial charge in [0.05, 0.1) is 12.2 Å². The lowest BCUT2D eigenvalue weighted by Crippen LogP contribution is -3.14. The average molecular weight is 246 g/mol. The summed E-state index contributed by atoms with van der Waals surface area (Å²) in [5, 5.41) is 0. The second-order valence-electron chi connectivity index (χ2n) is 10.0. The van der Waals surface area contributed by atoms with Gasteiger partial charge in [-0.25, -0.2) is 0 Å². The molecule has 6 saturated carbocycles. The zero-order valence-corrected chi connectivity index (χ0v) is 12.6. The molecule has 6 aliphatic rings. The summed E-state index contributed by atoms with van der Waals surface area (Å²) < 4.78 is 6.47. The highest BCUT2D eigenvalue weighted by atomic mass is 16.5. The predicted molar refractivity (Wildman–Crippen MR) is 71.0 cm³/mol. The third-order valence-corrected chi connectivity index (χ3v) is 7.59. The Hall–Kier alpha value is -0.0400. The van der Waals surface area contributed by atoms with Gasteiger partial charge in [-0.05, 0) is 51.8 Å². The van der Waals surface area contributed by atoms with Crippen LogP contribution in [0.2, 0.25) is 0 Å². The van der Waals surface area contributed by atoms with Crippen molar-refractivity contribution in [1.29, 1.82) is 0 Å². The summed E-state index contributed by atoms with van der Waals surface area (Å²) in [6, 6.07) is 0. The van der Waals surface area contributed by atoms with E-state index in [1.165, 1.54) is 0 Å². The fourth-order valence-electron chi connectivity index (χ4n) is 7.56. The van der Waals surface area contributed by atoms with Gasteiger partial charge in [-0.2, -0.15) is 0 Å². The van der Waals surface area contributed by atoms with Crippen LogP contribution < -0.4 is 0 Å². The second-order valence-corrected chi connectivity index (χ2v) is 10.0. The largest absolute Gasteiger partial charge is 0.374 e. The summed E-state index contributed by atoms with van der Waals surface area (Å²) in [6.45, 7) is 15.3. The third kappa shape index (κ3) is 0.619. The topological polar surface area (TPSA) is 9.23 Å². The van der Waals surface area contributed by atoms with Gasteiger partial charge in [-0.3, -0.25) is 0 Å². The van der Waals surface area contributed by atoms with Gasteiger partial charge in [0.15, 0.2) is 0 Å². The number of rotatable bonds is 2. The standard InChI is InChI=1S/C17H26O/c1-14(2,3)7-18-17-11-8-12(17)10-13(17)9(11)16(8,10)15(4,5)6/h8-13H,7H2,1-6H3. The Morgan fingerprint density at radius 1 is 0.778 bits per heavy atom. The van der Waals surface area contributed by atoms with Crippen molar-refractivity contribution in [3.05, 3.63) is 0 Å². The summed E-state index contributed by atoms with van der Waals surface area (Å²) in [6.07, 6.45) is 0. The van der Waals surface area contributed by atoms with Crippen molar-refractivity contribution in [3.8, 4) is 0 Å². The first-order valence-electron chi connectivity index (χ1n) is 7.83. The van der Waals surface area contributed by atoms with Gasteiger partial charge in [0.1, 0.15) is 0 Å². The lowest BCUT2D eigenvalue weighted by Gasteiger charge is -3.12. The fourth-order valence-corrected chi connectivity index (χ4v) is 7.56. The van der Waals surface area contributed by atoms with E-state index in [0.29, 0.717) is 16.4 Å². The molecule has 0 atom stereocenters. The van der Waals surface area contributed by atoms with Crippen molar-refractivity contribution >= 4 is 0 Å². The highest BCUT2D eigenvalue weighted by Crippen LogP contribution is 3.09. The van der Waals surface area contributed by atoms with E-state index >= 15 is 0 Å². The zero-order valence-electron chi connectivity index (χ0n) is 12.6. The summed E-state index contributed by atoms with van der Waals surface area (Å²) in [5.74, 6) is 6.16. The van der Waals surface area contributed by atoms with E-state index in [4.69, 9.17) is 4.74 Å². The van der Waals surface area contributed by atoms with Crippen LogP contribution in [0.1, 0.15) is 41.5 Å². The first kappa shape index (κ1) is 10.7. The first-order valence-corrected chi connectivity index (χ1v) is 7.83. The van der Waals surface area contributed by atoms with Gasteiger partial charge in [-0.1, -0.05) is 41.5 Å². The normalized spacial score (nSPS) is 65.0. The Morgan fingerprint density at radius 2 is 1.22 bits per heavy atom. The minimum absolute atomic E-state index is 0.330. The van der Waals surface area contributed by atoms with Gasteiger partial charge in [0.2, 0.25) is 0 Å². The van der Waals surface area contributed by atoms with Gasteiger partial charge in [-0.15, -0.1) is 0 Å². The monoisotopic (exact) mass is 246 g/mol. The molecule has 0 bridgehead atoms. The molecule has 0 heterocycles. The van der Waals surface area contributed by atoms with Crippen LogP contribution in [0.5, 0.6) is 0 Å².